The molecular formula is C17H28N2O. The number of nitrogens with zero attached hydrogens (tertiary/aromatic N) is 1. The van der Waals surface area contributed by atoms with Gasteiger partial charge in [-0.05, 0) is 50.4 Å². The molecular weight excluding hydrogens is 248 g/mol. The van der Waals surface area contributed by atoms with Crippen LogP contribution in [0.5, 0.6) is 0 Å². The lowest BCUT2D eigenvalue weighted by Gasteiger charge is -2.29. The number of ether oxygens (including phenoxy) is 1. The standard InChI is InChI=1S/C17H28N2O/c1-4-17(18-2)14-8-10-15(11-9-14)19(3)13-16-7-5-6-12-20-16/h8-11,16-18H,4-7,12-13H2,1-3H3. The summed E-state index contributed by atoms with van der Waals surface area (Å²) in [6.07, 6.45) is 5.23. The third-order valence-electron chi connectivity index (χ3n) is 4.24. The Balaban J connectivity index is 1.94. The Morgan fingerprint density at radius 1 is 1.30 bits per heavy atom. The highest BCUT2D eigenvalue weighted by atomic mass is 16.5. The van der Waals surface area contributed by atoms with Gasteiger partial charge in [0.15, 0.2) is 0 Å². The first kappa shape index (κ1) is 15.3. The van der Waals surface area contributed by atoms with E-state index in [2.05, 4.69) is 48.5 Å². The van der Waals surface area contributed by atoms with Crippen LogP contribution in [0.2, 0.25) is 0 Å². The minimum absolute atomic E-state index is 0.397. The number of likely N-dealkylation sites (N-methyl/N-ethyl adjacent to an activating group) is 1. The molecule has 0 amide bonds. The molecule has 3 nitrogen and oxygen atoms in total. The van der Waals surface area contributed by atoms with Gasteiger partial charge in [-0.2, -0.15) is 0 Å². The molecule has 0 spiro atoms. The maximum Gasteiger partial charge on any atom is 0.0749 e. The molecule has 1 aliphatic rings. The number of anilines is 1. The van der Waals surface area contributed by atoms with Gasteiger partial charge >= 0.3 is 0 Å². The van der Waals surface area contributed by atoms with E-state index in [0.29, 0.717) is 12.1 Å². The van der Waals surface area contributed by atoms with E-state index in [4.69, 9.17) is 4.74 Å². The zero-order chi connectivity index (χ0) is 14.4. The van der Waals surface area contributed by atoms with Crippen LogP contribution in [0.3, 0.4) is 0 Å². The fourth-order valence-corrected chi connectivity index (χ4v) is 2.93. The van der Waals surface area contributed by atoms with E-state index < -0.39 is 0 Å². The van der Waals surface area contributed by atoms with E-state index in [1.54, 1.807) is 0 Å². The molecule has 2 atom stereocenters. The first-order chi connectivity index (χ1) is 9.74. The Hall–Kier alpha value is -1.06. The third kappa shape index (κ3) is 3.97. The van der Waals surface area contributed by atoms with E-state index in [0.717, 1.165) is 19.6 Å². The molecule has 1 heterocycles. The molecule has 1 aromatic carbocycles. The zero-order valence-corrected chi connectivity index (χ0v) is 13.1. The largest absolute Gasteiger partial charge is 0.376 e. The average Bonchev–Trinajstić information content (AvgIpc) is 2.50. The van der Waals surface area contributed by atoms with Crippen LogP contribution in [-0.2, 0) is 4.74 Å². The monoisotopic (exact) mass is 276 g/mol. The number of nitrogens with one attached hydrogen (secondary N) is 1. The Kier molecular flexibility index (Phi) is 5.86. The molecule has 1 fully saturated rings. The van der Waals surface area contributed by atoms with Crippen molar-refractivity contribution in [2.24, 2.45) is 0 Å². The quantitative estimate of drug-likeness (QED) is 0.862. The van der Waals surface area contributed by atoms with Gasteiger partial charge in [0.05, 0.1) is 6.10 Å². The van der Waals surface area contributed by atoms with Gasteiger partial charge in [0, 0.05) is 31.9 Å². The molecule has 1 aliphatic heterocycles. The molecule has 0 radical (unpaired) electrons. The van der Waals surface area contributed by atoms with Gasteiger partial charge in [-0.15, -0.1) is 0 Å². The molecule has 2 unspecified atom stereocenters. The van der Waals surface area contributed by atoms with E-state index in [9.17, 15) is 0 Å². The SMILES string of the molecule is CCC(NC)c1ccc(N(C)CC2CCCCO2)cc1. The van der Waals surface area contributed by atoms with Crippen LogP contribution in [-0.4, -0.2) is 33.4 Å². The van der Waals surface area contributed by atoms with Gasteiger partial charge in [0.25, 0.3) is 0 Å². The molecule has 1 aromatic rings. The summed E-state index contributed by atoms with van der Waals surface area (Å²) in [6.45, 7) is 4.13. The minimum atomic E-state index is 0.397. The number of benzene rings is 1. The lowest BCUT2D eigenvalue weighted by Crippen LogP contribution is -2.33. The van der Waals surface area contributed by atoms with Gasteiger partial charge in [0.1, 0.15) is 0 Å². The van der Waals surface area contributed by atoms with Crippen LogP contribution in [0.25, 0.3) is 0 Å². The van der Waals surface area contributed by atoms with E-state index in [1.807, 2.05) is 7.05 Å². The molecule has 0 bridgehead atoms. The Morgan fingerprint density at radius 2 is 2.05 bits per heavy atom. The van der Waals surface area contributed by atoms with Crippen molar-refractivity contribution in [3.05, 3.63) is 29.8 Å². The summed E-state index contributed by atoms with van der Waals surface area (Å²) in [5.74, 6) is 0. The normalized spacial score (nSPS) is 20.6. The van der Waals surface area contributed by atoms with E-state index >= 15 is 0 Å². The third-order valence-corrected chi connectivity index (χ3v) is 4.24. The Labute approximate surface area is 123 Å². The van der Waals surface area contributed by atoms with Crippen LogP contribution < -0.4 is 10.2 Å². The summed E-state index contributed by atoms with van der Waals surface area (Å²) < 4.78 is 5.82. The van der Waals surface area contributed by atoms with Crippen molar-refractivity contribution in [1.82, 2.24) is 5.32 Å². The van der Waals surface area contributed by atoms with E-state index in [1.165, 1.54) is 30.5 Å². The smallest absolute Gasteiger partial charge is 0.0749 e. The lowest BCUT2D eigenvalue weighted by atomic mass is 10.0. The first-order valence-corrected chi connectivity index (χ1v) is 7.84. The topological polar surface area (TPSA) is 24.5 Å². The van der Waals surface area contributed by atoms with Crippen LogP contribution in [0.4, 0.5) is 5.69 Å². The van der Waals surface area contributed by atoms with Gasteiger partial charge in [-0.25, -0.2) is 0 Å². The summed E-state index contributed by atoms with van der Waals surface area (Å²) in [5.41, 5.74) is 2.63. The number of hydrogen-bond donors (Lipinski definition) is 1. The second-order valence-corrected chi connectivity index (χ2v) is 5.71. The zero-order valence-electron chi connectivity index (χ0n) is 13.1. The van der Waals surface area contributed by atoms with Crippen molar-refractivity contribution < 1.29 is 4.74 Å². The maximum atomic E-state index is 5.82. The molecule has 1 N–H and O–H groups in total. The summed E-state index contributed by atoms with van der Waals surface area (Å²) >= 11 is 0. The second-order valence-electron chi connectivity index (χ2n) is 5.71. The fraction of sp³-hybridized carbons (Fsp3) is 0.647. The summed E-state index contributed by atoms with van der Waals surface area (Å²) in [5, 5.41) is 3.35. The highest BCUT2D eigenvalue weighted by molar-refractivity contribution is 5.47. The first-order valence-electron chi connectivity index (χ1n) is 7.84. The summed E-state index contributed by atoms with van der Waals surface area (Å²) in [6, 6.07) is 9.36. The molecule has 112 valence electrons. The molecule has 0 saturated carbocycles. The summed E-state index contributed by atoms with van der Waals surface area (Å²) in [7, 11) is 4.18. The number of rotatable bonds is 6. The molecule has 0 aliphatic carbocycles. The van der Waals surface area contributed by atoms with Crippen molar-refractivity contribution in [3.63, 3.8) is 0 Å². The maximum absolute atomic E-state index is 5.82. The van der Waals surface area contributed by atoms with Gasteiger partial charge in [0.2, 0.25) is 0 Å². The highest BCUT2D eigenvalue weighted by Crippen LogP contribution is 2.22. The van der Waals surface area contributed by atoms with Crippen LogP contribution in [0.15, 0.2) is 24.3 Å². The molecule has 0 aromatic heterocycles. The Morgan fingerprint density at radius 3 is 2.60 bits per heavy atom. The van der Waals surface area contributed by atoms with Crippen molar-refractivity contribution in [2.75, 3.05) is 32.1 Å². The average molecular weight is 276 g/mol. The van der Waals surface area contributed by atoms with Crippen LogP contribution in [0, 0.1) is 0 Å². The number of hydrogen-bond acceptors (Lipinski definition) is 3. The molecule has 20 heavy (non-hydrogen) atoms. The van der Waals surface area contributed by atoms with Crippen LogP contribution in [0.1, 0.15) is 44.2 Å². The molecule has 2 rings (SSSR count). The van der Waals surface area contributed by atoms with Crippen molar-refractivity contribution in [2.45, 2.75) is 44.8 Å². The van der Waals surface area contributed by atoms with Gasteiger partial charge < -0.3 is 15.0 Å². The predicted molar refractivity (Wildman–Crippen MR) is 85.4 cm³/mol. The molecule has 1 saturated heterocycles. The summed E-state index contributed by atoms with van der Waals surface area (Å²) in [4.78, 5) is 2.31. The highest BCUT2D eigenvalue weighted by Gasteiger charge is 2.16. The van der Waals surface area contributed by atoms with E-state index in [-0.39, 0.29) is 0 Å². The minimum Gasteiger partial charge on any atom is -0.376 e. The van der Waals surface area contributed by atoms with Crippen molar-refractivity contribution >= 4 is 5.69 Å². The Bertz CT molecular complexity index is 380. The van der Waals surface area contributed by atoms with Crippen LogP contribution >= 0.6 is 0 Å². The fourth-order valence-electron chi connectivity index (χ4n) is 2.93. The predicted octanol–water partition coefficient (Wildman–Crippen LogP) is 3.36. The lowest BCUT2D eigenvalue weighted by molar-refractivity contribution is 0.0216. The van der Waals surface area contributed by atoms with Gasteiger partial charge in [-0.3, -0.25) is 0 Å². The molecule has 3 heteroatoms. The van der Waals surface area contributed by atoms with Crippen molar-refractivity contribution in [3.8, 4) is 0 Å². The van der Waals surface area contributed by atoms with Gasteiger partial charge in [-0.1, -0.05) is 19.1 Å². The second kappa shape index (κ2) is 7.65. The van der Waals surface area contributed by atoms with Crippen molar-refractivity contribution in [1.29, 1.82) is 0 Å².